The topological polar surface area (TPSA) is 36.4 Å². The lowest BCUT2D eigenvalue weighted by atomic mass is 9.99. The maximum atomic E-state index is 12.7. The summed E-state index contributed by atoms with van der Waals surface area (Å²) in [6, 6.07) is 4.03. The van der Waals surface area contributed by atoms with E-state index in [9.17, 15) is 4.79 Å². The van der Waals surface area contributed by atoms with Gasteiger partial charge in [0.05, 0.1) is 0 Å². The fourth-order valence-corrected chi connectivity index (χ4v) is 3.44. The average Bonchev–Trinajstić information content (AvgIpc) is 2.84. The van der Waals surface area contributed by atoms with Gasteiger partial charge in [0.2, 0.25) is 0 Å². The lowest BCUT2D eigenvalue weighted by molar-refractivity contribution is 0.0691. The van der Waals surface area contributed by atoms with Crippen LogP contribution < -0.4 is 4.90 Å². The number of likely N-dealkylation sites (tertiary alicyclic amines) is 1. The van der Waals surface area contributed by atoms with Crippen LogP contribution >= 0.6 is 0 Å². The molecule has 2 saturated heterocycles. The SMILES string of the molecule is CC1CCN(C(=O)c2cc(N3CCCCCC3)ccn2)CC1. The first-order chi connectivity index (χ1) is 10.7. The van der Waals surface area contributed by atoms with Gasteiger partial charge in [-0.1, -0.05) is 19.8 Å². The molecule has 0 radical (unpaired) electrons. The molecule has 4 heteroatoms. The molecule has 120 valence electrons. The summed E-state index contributed by atoms with van der Waals surface area (Å²) >= 11 is 0. The number of rotatable bonds is 2. The minimum Gasteiger partial charge on any atom is -0.371 e. The molecule has 1 aromatic heterocycles. The lowest BCUT2D eigenvalue weighted by Crippen LogP contribution is -2.38. The highest BCUT2D eigenvalue weighted by molar-refractivity contribution is 5.93. The molecule has 2 aliphatic heterocycles. The Morgan fingerprint density at radius 1 is 1.09 bits per heavy atom. The van der Waals surface area contributed by atoms with Crippen molar-refractivity contribution in [2.24, 2.45) is 5.92 Å². The van der Waals surface area contributed by atoms with Crippen LogP contribution in [0.1, 0.15) is 55.9 Å². The molecule has 22 heavy (non-hydrogen) atoms. The minimum absolute atomic E-state index is 0.101. The molecule has 0 saturated carbocycles. The monoisotopic (exact) mass is 301 g/mol. The second kappa shape index (κ2) is 7.12. The summed E-state index contributed by atoms with van der Waals surface area (Å²) in [6.45, 7) is 6.20. The van der Waals surface area contributed by atoms with Crippen LogP contribution in [-0.2, 0) is 0 Å². The van der Waals surface area contributed by atoms with Crippen LogP contribution in [0.4, 0.5) is 5.69 Å². The van der Waals surface area contributed by atoms with E-state index in [1.54, 1.807) is 6.20 Å². The molecular weight excluding hydrogens is 274 g/mol. The zero-order valence-electron chi connectivity index (χ0n) is 13.6. The lowest BCUT2D eigenvalue weighted by Gasteiger charge is -2.30. The second-order valence-electron chi connectivity index (χ2n) is 6.78. The van der Waals surface area contributed by atoms with Crippen molar-refractivity contribution in [2.45, 2.75) is 45.4 Å². The Balaban J connectivity index is 1.71. The number of aromatic nitrogens is 1. The molecule has 4 nitrogen and oxygen atoms in total. The van der Waals surface area contributed by atoms with Crippen molar-refractivity contribution in [3.05, 3.63) is 24.0 Å². The van der Waals surface area contributed by atoms with Crippen molar-refractivity contribution >= 4 is 11.6 Å². The first-order valence-electron chi connectivity index (χ1n) is 8.74. The fraction of sp³-hybridized carbons (Fsp3) is 0.667. The third-order valence-electron chi connectivity index (χ3n) is 5.00. The van der Waals surface area contributed by atoms with Crippen LogP contribution in [0.15, 0.2) is 18.3 Å². The zero-order valence-corrected chi connectivity index (χ0v) is 13.6. The Bertz CT molecular complexity index is 501. The molecule has 1 aromatic rings. The first kappa shape index (κ1) is 15.3. The van der Waals surface area contributed by atoms with E-state index in [1.807, 2.05) is 17.0 Å². The maximum Gasteiger partial charge on any atom is 0.272 e. The fourth-order valence-electron chi connectivity index (χ4n) is 3.44. The van der Waals surface area contributed by atoms with Crippen LogP contribution in [0.25, 0.3) is 0 Å². The molecule has 3 heterocycles. The summed E-state index contributed by atoms with van der Waals surface area (Å²) in [4.78, 5) is 21.4. The van der Waals surface area contributed by atoms with Gasteiger partial charge in [0.25, 0.3) is 5.91 Å². The van der Waals surface area contributed by atoms with E-state index < -0.39 is 0 Å². The Morgan fingerprint density at radius 3 is 2.45 bits per heavy atom. The second-order valence-corrected chi connectivity index (χ2v) is 6.78. The number of nitrogens with zero attached hydrogens (tertiary/aromatic N) is 3. The highest BCUT2D eigenvalue weighted by Gasteiger charge is 2.23. The van der Waals surface area contributed by atoms with Crippen molar-refractivity contribution < 1.29 is 4.79 Å². The third-order valence-corrected chi connectivity index (χ3v) is 5.00. The molecule has 3 rings (SSSR count). The van der Waals surface area contributed by atoms with E-state index in [4.69, 9.17) is 0 Å². The van der Waals surface area contributed by atoms with Crippen LogP contribution in [-0.4, -0.2) is 42.0 Å². The molecular formula is C18H27N3O. The summed E-state index contributed by atoms with van der Waals surface area (Å²) in [6.07, 6.45) is 9.14. The Kier molecular flexibility index (Phi) is 4.96. The average molecular weight is 301 g/mol. The molecule has 0 spiro atoms. The maximum absolute atomic E-state index is 12.7. The predicted octanol–water partition coefficient (Wildman–Crippen LogP) is 3.33. The van der Waals surface area contributed by atoms with Crippen molar-refractivity contribution in [1.29, 1.82) is 0 Å². The van der Waals surface area contributed by atoms with Gasteiger partial charge in [0.1, 0.15) is 5.69 Å². The van der Waals surface area contributed by atoms with Crippen molar-refractivity contribution in [2.75, 3.05) is 31.1 Å². The standard InChI is InChI=1S/C18H27N3O/c1-15-7-12-21(13-8-15)18(22)17-14-16(6-9-19-17)20-10-4-2-3-5-11-20/h6,9,14-15H,2-5,7-8,10-13H2,1H3. The Labute approximate surface area is 133 Å². The Morgan fingerprint density at radius 2 is 1.77 bits per heavy atom. The van der Waals surface area contributed by atoms with E-state index in [2.05, 4.69) is 16.8 Å². The number of hydrogen-bond donors (Lipinski definition) is 0. The van der Waals surface area contributed by atoms with E-state index in [0.29, 0.717) is 5.69 Å². The van der Waals surface area contributed by atoms with Gasteiger partial charge in [0.15, 0.2) is 0 Å². The smallest absolute Gasteiger partial charge is 0.272 e. The quantitative estimate of drug-likeness (QED) is 0.840. The molecule has 0 N–H and O–H groups in total. The van der Waals surface area contributed by atoms with Crippen LogP contribution in [0.3, 0.4) is 0 Å². The molecule has 0 aromatic carbocycles. The number of hydrogen-bond acceptors (Lipinski definition) is 3. The van der Waals surface area contributed by atoms with Gasteiger partial charge in [-0.05, 0) is 43.7 Å². The number of carbonyl (C=O) groups is 1. The molecule has 0 atom stereocenters. The zero-order chi connectivity index (χ0) is 15.4. The van der Waals surface area contributed by atoms with E-state index in [0.717, 1.165) is 50.6 Å². The molecule has 2 fully saturated rings. The summed E-state index contributed by atoms with van der Waals surface area (Å²) in [5.41, 5.74) is 1.77. The van der Waals surface area contributed by atoms with E-state index in [-0.39, 0.29) is 5.91 Å². The van der Waals surface area contributed by atoms with Gasteiger partial charge in [-0.2, -0.15) is 0 Å². The van der Waals surface area contributed by atoms with Gasteiger partial charge in [-0.25, -0.2) is 0 Å². The number of anilines is 1. The number of carbonyl (C=O) groups excluding carboxylic acids is 1. The summed E-state index contributed by atoms with van der Waals surface area (Å²) < 4.78 is 0. The van der Waals surface area contributed by atoms with Crippen molar-refractivity contribution in [3.63, 3.8) is 0 Å². The van der Waals surface area contributed by atoms with Crippen LogP contribution in [0, 0.1) is 5.92 Å². The van der Waals surface area contributed by atoms with Crippen molar-refractivity contribution in [1.82, 2.24) is 9.88 Å². The van der Waals surface area contributed by atoms with Gasteiger partial charge in [-0.15, -0.1) is 0 Å². The summed E-state index contributed by atoms with van der Waals surface area (Å²) in [5.74, 6) is 0.837. The predicted molar refractivity (Wildman–Crippen MR) is 89.2 cm³/mol. The summed E-state index contributed by atoms with van der Waals surface area (Å²) in [7, 11) is 0. The Hall–Kier alpha value is -1.58. The normalized spacial score (nSPS) is 20.8. The van der Waals surface area contributed by atoms with Crippen LogP contribution in [0.5, 0.6) is 0 Å². The minimum atomic E-state index is 0.101. The van der Waals surface area contributed by atoms with E-state index >= 15 is 0 Å². The van der Waals surface area contributed by atoms with E-state index in [1.165, 1.54) is 25.7 Å². The van der Waals surface area contributed by atoms with Gasteiger partial charge in [-0.3, -0.25) is 9.78 Å². The van der Waals surface area contributed by atoms with Crippen LogP contribution in [0.2, 0.25) is 0 Å². The summed E-state index contributed by atoms with van der Waals surface area (Å²) in [5, 5.41) is 0. The largest absolute Gasteiger partial charge is 0.371 e. The van der Waals surface area contributed by atoms with Gasteiger partial charge < -0.3 is 9.80 Å². The van der Waals surface area contributed by atoms with Crippen molar-refractivity contribution in [3.8, 4) is 0 Å². The molecule has 0 aliphatic carbocycles. The highest BCUT2D eigenvalue weighted by atomic mass is 16.2. The number of pyridine rings is 1. The highest BCUT2D eigenvalue weighted by Crippen LogP contribution is 2.22. The molecule has 1 amide bonds. The first-order valence-corrected chi connectivity index (χ1v) is 8.74. The van der Waals surface area contributed by atoms with Gasteiger partial charge in [0, 0.05) is 38.1 Å². The van der Waals surface area contributed by atoms with Gasteiger partial charge >= 0.3 is 0 Å². The molecule has 0 unspecified atom stereocenters. The number of amides is 1. The molecule has 2 aliphatic rings. The third kappa shape index (κ3) is 3.60. The molecule has 0 bridgehead atoms. The number of piperidine rings is 1.